The van der Waals surface area contributed by atoms with Gasteiger partial charge in [0.05, 0.1) is 37.9 Å². The van der Waals surface area contributed by atoms with Crippen molar-refractivity contribution in [3.63, 3.8) is 0 Å². The van der Waals surface area contributed by atoms with Crippen molar-refractivity contribution in [2.24, 2.45) is 5.92 Å². The van der Waals surface area contributed by atoms with Crippen molar-refractivity contribution in [2.75, 3.05) is 59.5 Å². The van der Waals surface area contributed by atoms with Crippen molar-refractivity contribution >= 4 is 10.1 Å². The van der Waals surface area contributed by atoms with Gasteiger partial charge < -0.3 is 18.9 Å². The fourth-order valence-corrected chi connectivity index (χ4v) is 3.43. The Bertz CT molecular complexity index is 599. The van der Waals surface area contributed by atoms with Crippen LogP contribution in [0.1, 0.15) is 18.4 Å². The Kier molecular flexibility index (Phi) is 10.3. The molecule has 0 unspecified atom stereocenters. The van der Waals surface area contributed by atoms with Crippen LogP contribution >= 0.6 is 0 Å². The summed E-state index contributed by atoms with van der Waals surface area (Å²) in [5.41, 5.74) is 0.991. The highest BCUT2D eigenvalue weighted by molar-refractivity contribution is 7.86. The molecule has 1 saturated heterocycles. The Labute approximate surface area is 162 Å². The highest BCUT2D eigenvalue weighted by Gasteiger charge is 2.19. The van der Waals surface area contributed by atoms with E-state index in [0.29, 0.717) is 52.9 Å². The van der Waals surface area contributed by atoms with E-state index in [1.807, 2.05) is 6.92 Å². The summed E-state index contributed by atoms with van der Waals surface area (Å²) >= 11 is 0. The molecule has 0 saturated carbocycles. The first-order chi connectivity index (χ1) is 13.1. The smallest absolute Gasteiger partial charge is 0.296 e. The van der Waals surface area contributed by atoms with Crippen molar-refractivity contribution in [1.82, 2.24) is 0 Å². The van der Waals surface area contributed by atoms with E-state index in [-0.39, 0.29) is 17.4 Å². The number of hydrogen-bond acceptors (Lipinski definition) is 7. The Balaban J connectivity index is 1.85. The van der Waals surface area contributed by atoms with Gasteiger partial charge >= 0.3 is 0 Å². The predicted molar refractivity (Wildman–Crippen MR) is 100 cm³/mol. The molecule has 7 nitrogen and oxygen atoms in total. The molecule has 0 radical (unpaired) electrons. The first-order valence-electron chi connectivity index (χ1n) is 9.35. The zero-order valence-electron chi connectivity index (χ0n) is 15.9. The summed E-state index contributed by atoms with van der Waals surface area (Å²) in [6.07, 6.45) is 1.55. The highest BCUT2D eigenvalue weighted by Crippen LogP contribution is 2.15. The lowest BCUT2D eigenvalue weighted by atomic mass is 10.2. The minimum atomic E-state index is -3.79. The van der Waals surface area contributed by atoms with E-state index in [1.54, 1.807) is 24.3 Å². The molecule has 27 heavy (non-hydrogen) atoms. The van der Waals surface area contributed by atoms with Gasteiger partial charge in [0.2, 0.25) is 0 Å². The molecule has 0 bridgehead atoms. The Hall–Kier alpha value is -1.03. The van der Waals surface area contributed by atoms with Crippen molar-refractivity contribution in [3.05, 3.63) is 29.8 Å². The van der Waals surface area contributed by atoms with Crippen LogP contribution < -0.4 is 0 Å². The molecule has 8 heteroatoms. The molecule has 2 rings (SSSR count). The minimum Gasteiger partial charge on any atom is -0.381 e. The largest absolute Gasteiger partial charge is 0.381 e. The highest BCUT2D eigenvalue weighted by atomic mass is 32.2. The molecule has 0 aromatic heterocycles. The fraction of sp³-hybridized carbons (Fsp3) is 0.684. The lowest BCUT2D eigenvalue weighted by Gasteiger charge is -2.17. The predicted octanol–water partition coefficient (Wildman–Crippen LogP) is 2.18. The van der Waals surface area contributed by atoms with Crippen LogP contribution in [0.25, 0.3) is 0 Å². The van der Waals surface area contributed by atoms with Gasteiger partial charge in [-0.3, -0.25) is 4.18 Å². The molecule has 0 N–H and O–H groups in total. The van der Waals surface area contributed by atoms with Gasteiger partial charge in [0.1, 0.15) is 0 Å². The summed E-state index contributed by atoms with van der Waals surface area (Å²) in [7, 11) is -3.79. The second kappa shape index (κ2) is 12.4. The van der Waals surface area contributed by atoms with Crippen molar-refractivity contribution in [3.8, 4) is 0 Å². The average molecular weight is 403 g/mol. The molecule has 0 aliphatic carbocycles. The number of benzene rings is 1. The summed E-state index contributed by atoms with van der Waals surface area (Å²) < 4.78 is 52.1. The average Bonchev–Trinajstić information content (AvgIpc) is 2.66. The molecule has 1 aliphatic heterocycles. The van der Waals surface area contributed by atoms with E-state index in [2.05, 4.69) is 0 Å². The Morgan fingerprint density at radius 3 is 1.93 bits per heavy atom. The number of hydrogen-bond donors (Lipinski definition) is 0. The van der Waals surface area contributed by atoms with Crippen LogP contribution in [-0.2, 0) is 33.2 Å². The molecule has 1 aromatic carbocycles. The lowest BCUT2D eigenvalue weighted by molar-refractivity contribution is 0.0152. The molecular formula is C19H30O7S. The van der Waals surface area contributed by atoms with Crippen LogP contribution in [0.3, 0.4) is 0 Å². The van der Waals surface area contributed by atoms with Crippen molar-refractivity contribution < 1.29 is 31.5 Å². The van der Waals surface area contributed by atoms with Gasteiger partial charge in [-0.05, 0) is 31.9 Å². The minimum absolute atomic E-state index is 0.0171. The lowest BCUT2D eigenvalue weighted by Crippen LogP contribution is -2.24. The normalized spacial score (nSPS) is 19.9. The monoisotopic (exact) mass is 402 g/mol. The number of aryl methyl sites for hydroxylation is 1. The van der Waals surface area contributed by atoms with E-state index >= 15 is 0 Å². The zero-order valence-corrected chi connectivity index (χ0v) is 16.7. The quantitative estimate of drug-likeness (QED) is 0.714. The topological polar surface area (TPSA) is 80.3 Å². The zero-order chi connectivity index (χ0) is 19.4. The molecule has 1 fully saturated rings. The summed E-state index contributed by atoms with van der Waals surface area (Å²) in [4.78, 5) is 0.154. The maximum Gasteiger partial charge on any atom is 0.296 e. The third-order valence-corrected chi connectivity index (χ3v) is 5.30. The fourth-order valence-electron chi connectivity index (χ4n) is 2.45. The van der Waals surface area contributed by atoms with Crippen LogP contribution in [0, 0.1) is 12.8 Å². The molecule has 0 atom stereocenters. The Morgan fingerprint density at radius 2 is 1.37 bits per heavy atom. The molecule has 1 heterocycles. The first kappa shape index (κ1) is 22.3. The van der Waals surface area contributed by atoms with E-state index in [9.17, 15) is 8.42 Å². The van der Waals surface area contributed by atoms with Gasteiger partial charge in [0, 0.05) is 32.3 Å². The van der Waals surface area contributed by atoms with Crippen LogP contribution in [0.2, 0.25) is 0 Å². The maximum atomic E-state index is 12.3. The molecule has 0 amide bonds. The molecular weight excluding hydrogens is 372 g/mol. The van der Waals surface area contributed by atoms with Gasteiger partial charge in [-0.25, -0.2) is 0 Å². The number of ether oxygens (including phenoxy) is 4. The maximum absolute atomic E-state index is 12.3. The summed E-state index contributed by atoms with van der Waals surface area (Å²) in [5.74, 6) is -0.169. The standard InChI is InChI=1S/C19H30O7S/c1-17-4-6-19(7-5-17)27(20,21)26-16-18-14-24-10-2-8-22-12-13-23-9-3-11-25-15-18/h4-7,18H,2-3,8-16H2,1H3. The van der Waals surface area contributed by atoms with Gasteiger partial charge in [-0.2, -0.15) is 8.42 Å². The third kappa shape index (κ3) is 9.14. The van der Waals surface area contributed by atoms with Crippen molar-refractivity contribution in [2.45, 2.75) is 24.7 Å². The van der Waals surface area contributed by atoms with E-state index in [1.165, 1.54) is 0 Å². The summed E-state index contributed by atoms with van der Waals surface area (Å²) in [6.45, 7) is 6.14. The molecule has 0 spiro atoms. The summed E-state index contributed by atoms with van der Waals surface area (Å²) in [6, 6.07) is 6.59. The van der Waals surface area contributed by atoms with Gasteiger partial charge in [-0.15, -0.1) is 0 Å². The van der Waals surface area contributed by atoms with E-state index in [0.717, 1.165) is 18.4 Å². The van der Waals surface area contributed by atoms with E-state index < -0.39 is 10.1 Å². The Morgan fingerprint density at radius 1 is 0.852 bits per heavy atom. The second-order valence-corrected chi connectivity index (χ2v) is 8.11. The van der Waals surface area contributed by atoms with Crippen LogP contribution in [0.5, 0.6) is 0 Å². The van der Waals surface area contributed by atoms with Gasteiger partial charge in [0.15, 0.2) is 0 Å². The third-order valence-electron chi connectivity index (χ3n) is 4.00. The van der Waals surface area contributed by atoms with Crippen LogP contribution in [0.15, 0.2) is 29.2 Å². The van der Waals surface area contributed by atoms with Gasteiger partial charge in [-0.1, -0.05) is 17.7 Å². The van der Waals surface area contributed by atoms with E-state index in [4.69, 9.17) is 23.1 Å². The number of rotatable bonds is 4. The SMILES string of the molecule is Cc1ccc(S(=O)(=O)OCC2COCCCOCCOCCCOC2)cc1. The van der Waals surface area contributed by atoms with Gasteiger partial charge in [0.25, 0.3) is 10.1 Å². The summed E-state index contributed by atoms with van der Waals surface area (Å²) in [5, 5.41) is 0. The molecule has 1 aliphatic rings. The van der Waals surface area contributed by atoms with Crippen LogP contribution in [0.4, 0.5) is 0 Å². The first-order valence-corrected chi connectivity index (χ1v) is 10.8. The van der Waals surface area contributed by atoms with Crippen molar-refractivity contribution in [1.29, 1.82) is 0 Å². The molecule has 1 aromatic rings. The second-order valence-electron chi connectivity index (χ2n) is 6.50. The molecule has 154 valence electrons. The van der Waals surface area contributed by atoms with Crippen LogP contribution in [-0.4, -0.2) is 67.9 Å².